The number of carbonyl (C=O) groups excluding carboxylic acids is 3. The second kappa shape index (κ2) is 8.57. The first kappa shape index (κ1) is 19.6. The Hall–Kier alpha value is -2.74. The Morgan fingerprint density at radius 2 is 1.77 bits per heavy atom. The Kier molecular flexibility index (Phi) is 6.46. The molecule has 0 radical (unpaired) electrons. The van der Waals surface area contributed by atoms with Crippen LogP contribution in [0, 0.1) is 0 Å². The van der Waals surface area contributed by atoms with Crippen molar-refractivity contribution < 1.29 is 14.4 Å². The van der Waals surface area contributed by atoms with Gasteiger partial charge in [0, 0.05) is 16.5 Å². The van der Waals surface area contributed by atoms with E-state index in [1.807, 2.05) is 26.8 Å². The van der Waals surface area contributed by atoms with Crippen molar-refractivity contribution in [1.82, 2.24) is 15.6 Å². The lowest BCUT2D eigenvalue weighted by Gasteiger charge is -2.20. The zero-order valence-electron chi connectivity index (χ0n) is 15.0. The first-order chi connectivity index (χ1) is 12.2. The molecule has 0 aliphatic rings. The summed E-state index contributed by atoms with van der Waals surface area (Å²) in [6, 6.07) is 8.81. The molecule has 0 spiro atoms. The van der Waals surface area contributed by atoms with Gasteiger partial charge in [-0.05, 0) is 32.9 Å². The molecule has 0 aliphatic heterocycles. The summed E-state index contributed by atoms with van der Waals surface area (Å²) in [5.74, 6) is -0.810. The molecule has 8 heteroatoms. The quantitative estimate of drug-likeness (QED) is 0.720. The predicted molar refractivity (Wildman–Crippen MR) is 101 cm³/mol. The van der Waals surface area contributed by atoms with Crippen molar-refractivity contribution >= 4 is 34.2 Å². The van der Waals surface area contributed by atoms with Gasteiger partial charge in [0.25, 0.3) is 5.91 Å². The van der Waals surface area contributed by atoms with E-state index in [1.54, 1.807) is 29.6 Å². The van der Waals surface area contributed by atoms with Crippen molar-refractivity contribution in [3.8, 4) is 0 Å². The number of nitrogens with one attached hydrogen (secondary N) is 3. The second-order valence-corrected chi connectivity index (χ2v) is 7.57. The summed E-state index contributed by atoms with van der Waals surface area (Å²) >= 11 is 1.24. The number of aromatic nitrogens is 1. The maximum atomic E-state index is 12.1. The molecule has 0 fully saturated rings. The van der Waals surface area contributed by atoms with E-state index in [4.69, 9.17) is 0 Å². The molecule has 7 nitrogen and oxygen atoms in total. The molecule has 0 saturated carbocycles. The molecule has 0 bridgehead atoms. The molecule has 138 valence electrons. The molecule has 0 unspecified atom stereocenters. The summed E-state index contributed by atoms with van der Waals surface area (Å²) < 4.78 is 0. The number of hydrogen-bond donors (Lipinski definition) is 3. The minimum atomic E-state index is -0.345. The average Bonchev–Trinajstić information content (AvgIpc) is 2.99. The Balaban J connectivity index is 1.81. The molecule has 0 atom stereocenters. The van der Waals surface area contributed by atoms with Crippen LogP contribution in [-0.4, -0.2) is 34.8 Å². The number of amides is 3. The number of carbonyl (C=O) groups is 3. The number of benzene rings is 1. The van der Waals surface area contributed by atoms with Crippen LogP contribution in [0.4, 0.5) is 5.13 Å². The maximum absolute atomic E-state index is 12.1. The standard InChI is InChI=1S/C18H22N4O3S/c1-18(2,3)22-15(24)10-19-14(23)9-13-11-26-17(20-13)21-16(25)12-7-5-4-6-8-12/h4-8,11H,9-10H2,1-3H3,(H,19,23)(H,22,24)(H,20,21,25). The van der Waals surface area contributed by atoms with Crippen LogP contribution in [0.25, 0.3) is 0 Å². The molecule has 2 aromatic rings. The lowest BCUT2D eigenvalue weighted by Crippen LogP contribution is -2.46. The van der Waals surface area contributed by atoms with Gasteiger partial charge >= 0.3 is 0 Å². The maximum Gasteiger partial charge on any atom is 0.257 e. The van der Waals surface area contributed by atoms with Crippen molar-refractivity contribution in [2.45, 2.75) is 32.7 Å². The molecule has 2 rings (SSSR count). The molecule has 0 aliphatic carbocycles. The predicted octanol–water partition coefficient (Wildman–Crippen LogP) is 1.97. The van der Waals surface area contributed by atoms with Crippen LogP contribution >= 0.6 is 11.3 Å². The van der Waals surface area contributed by atoms with Crippen molar-refractivity contribution in [3.05, 3.63) is 47.0 Å². The van der Waals surface area contributed by atoms with Crippen LogP contribution in [0.5, 0.6) is 0 Å². The van der Waals surface area contributed by atoms with Gasteiger partial charge in [0.15, 0.2) is 5.13 Å². The van der Waals surface area contributed by atoms with Gasteiger partial charge in [-0.1, -0.05) is 18.2 Å². The normalized spacial score (nSPS) is 10.9. The van der Waals surface area contributed by atoms with E-state index in [-0.39, 0.29) is 36.2 Å². The minimum Gasteiger partial charge on any atom is -0.350 e. The van der Waals surface area contributed by atoms with Gasteiger partial charge < -0.3 is 10.6 Å². The van der Waals surface area contributed by atoms with Crippen molar-refractivity contribution in [2.24, 2.45) is 0 Å². The number of rotatable bonds is 6. The summed E-state index contributed by atoms with van der Waals surface area (Å²) in [6.45, 7) is 5.52. The highest BCUT2D eigenvalue weighted by molar-refractivity contribution is 7.14. The highest BCUT2D eigenvalue weighted by Gasteiger charge is 2.15. The summed E-state index contributed by atoms with van der Waals surface area (Å²) in [5.41, 5.74) is 0.724. The highest BCUT2D eigenvalue weighted by Crippen LogP contribution is 2.17. The first-order valence-corrected chi connectivity index (χ1v) is 8.99. The third-order valence-electron chi connectivity index (χ3n) is 3.11. The van der Waals surface area contributed by atoms with E-state index >= 15 is 0 Å². The van der Waals surface area contributed by atoms with E-state index in [0.29, 0.717) is 16.4 Å². The molecule has 26 heavy (non-hydrogen) atoms. The fourth-order valence-corrected chi connectivity index (χ4v) is 2.78. The Morgan fingerprint density at radius 3 is 2.42 bits per heavy atom. The first-order valence-electron chi connectivity index (χ1n) is 8.11. The number of hydrogen-bond acceptors (Lipinski definition) is 5. The Labute approximate surface area is 156 Å². The van der Waals surface area contributed by atoms with Crippen LogP contribution in [-0.2, 0) is 16.0 Å². The van der Waals surface area contributed by atoms with Crippen molar-refractivity contribution in [2.75, 3.05) is 11.9 Å². The van der Waals surface area contributed by atoms with Crippen LogP contribution in [0.15, 0.2) is 35.7 Å². The van der Waals surface area contributed by atoms with Crippen molar-refractivity contribution in [1.29, 1.82) is 0 Å². The van der Waals surface area contributed by atoms with Crippen LogP contribution in [0.1, 0.15) is 36.8 Å². The molecule has 1 heterocycles. The van der Waals surface area contributed by atoms with E-state index in [2.05, 4.69) is 20.9 Å². The second-order valence-electron chi connectivity index (χ2n) is 6.72. The summed E-state index contributed by atoms with van der Waals surface area (Å²) in [6.07, 6.45) is 0.0422. The van der Waals surface area contributed by atoms with Gasteiger partial charge in [-0.15, -0.1) is 11.3 Å². The third kappa shape index (κ3) is 6.64. The summed E-state index contributed by atoms with van der Waals surface area (Å²) in [7, 11) is 0. The molecule has 0 saturated heterocycles. The monoisotopic (exact) mass is 374 g/mol. The van der Waals surface area contributed by atoms with Crippen LogP contribution in [0.3, 0.4) is 0 Å². The molecular formula is C18H22N4O3S. The number of thiazole rings is 1. The van der Waals surface area contributed by atoms with E-state index in [9.17, 15) is 14.4 Å². The molecular weight excluding hydrogens is 352 g/mol. The lowest BCUT2D eigenvalue weighted by molar-refractivity contribution is -0.126. The number of nitrogens with zero attached hydrogens (tertiary/aromatic N) is 1. The van der Waals surface area contributed by atoms with Gasteiger partial charge in [0.05, 0.1) is 18.7 Å². The minimum absolute atomic E-state index is 0.0422. The Bertz CT molecular complexity index is 781. The highest BCUT2D eigenvalue weighted by atomic mass is 32.1. The lowest BCUT2D eigenvalue weighted by atomic mass is 10.1. The van der Waals surface area contributed by atoms with Gasteiger partial charge in [0.2, 0.25) is 11.8 Å². The van der Waals surface area contributed by atoms with E-state index in [1.165, 1.54) is 11.3 Å². The van der Waals surface area contributed by atoms with Crippen LogP contribution < -0.4 is 16.0 Å². The third-order valence-corrected chi connectivity index (χ3v) is 3.92. The van der Waals surface area contributed by atoms with Crippen LogP contribution in [0.2, 0.25) is 0 Å². The van der Waals surface area contributed by atoms with Gasteiger partial charge in [0.1, 0.15) is 0 Å². The zero-order valence-corrected chi connectivity index (χ0v) is 15.8. The zero-order chi connectivity index (χ0) is 19.2. The van der Waals surface area contributed by atoms with Gasteiger partial charge in [-0.25, -0.2) is 4.98 Å². The van der Waals surface area contributed by atoms with E-state index in [0.717, 1.165) is 0 Å². The SMILES string of the molecule is CC(C)(C)NC(=O)CNC(=O)Cc1csc(NC(=O)c2ccccc2)n1. The molecule has 1 aromatic heterocycles. The molecule has 3 N–H and O–H groups in total. The summed E-state index contributed by atoms with van der Waals surface area (Å²) in [5, 5.41) is 10.1. The smallest absolute Gasteiger partial charge is 0.257 e. The number of anilines is 1. The fraction of sp³-hybridized carbons (Fsp3) is 0.333. The molecule has 1 aromatic carbocycles. The molecule has 3 amide bonds. The van der Waals surface area contributed by atoms with Crippen molar-refractivity contribution in [3.63, 3.8) is 0 Å². The van der Waals surface area contributed by atoms with Gasteiger partial charge in [-0.2, -0.15) is 0 Å². The van der Waals surface area contributed by atoms with E-state index < -0.39 is 0 Å². The van der Waals surface area contributed by atoms with Gasteiger partial charge in [-0.3, -0.25) is 19.7 Å². The average molecular weight is 374 g/mol. The Morgan fingerprint density at radius 1 is 1.08 bits per heavy atom. The topological polar surface area (TPSA) is 100 Å². The summed E-state index contributed by atoms with van der Waals surface area (Å²) in [4.78, 5) is 39.9. The fourth-order valence-electron chi connectivity index (χ4n) is 2.07. The largest absolute Gasteiger partial charge is 0.350 e.